The van der Waals surface area contributed by atoms with Gasteiger partial charge in [-0.2, -0.15) is 0 Å². The van der Waals surface area contributed by atoms with Gasteiger partial charge in [0.1, 0.15) is 0 Å². The lowest BCUT2D eigenvalue weighted by Crippen LogP contribution is -2.64. The van der Waals surface area contributed by atoms with E-state index in [0.29, 0.717) is 12.0 Å². The maximum Gasteiger partial charge on any atom is 0.0412 e. The molecule has 1 aliphatic rings. The van der Waals surface area contributed by atoms with Crippen LogP contribution in [0.3, 0.4) is 0 Å². The second-order valence-corrected chi connectivity index (χ2v) is 6.80. The third-order valence-electron chi connectivity index (χ3n) is 5.34. The van der Waals surface area contributed by atoms with Crippen molar-refractivity contribution in [1.29, 1.82) is 0 Å². The van der Waals surface area contributed by atoms with Gasteiger partial charge in [-0.25, -0.2) is 0 Å². The highest BCUT2D eigenvalue weighted by Gasteiger charge is 2.36. The molecule has 1 heterocycles. The predicted molar refractivity (Wildman–Crippen MR) is 93.3 cm³/mol. The third-order valence-corrected chi connectivity index (χ3v) is 5.34. The minimum atomic E-state index is 0.280. The third kappa shape index (κ3) is 3.42. The van der Waals surface area contributed by atoms with Gasteiger partial charge in [0, 0.05) is 30.4 Å². The van der Waals surface area contributed by atoms with Crippen LogP contribution in [0.15, 0.2) is 24.3 Å². The molecule has 1 atom stereocenters. The molecule has 1 fully saturated rings. The molecular formula is C19H32N2. The Kier molecular flexibility index (Phi) is 5.32. The first-order chi connectivity index (χ1) is 10.0. The van der Waals surface area contributed by atoms with Crippen LogP contribution >= 0.6 is 0 Å². The molecule has 21 heavy (non-hydrogen) atoms. The van der Waals surface area contributed by atoms with Crippen molar-refractivity contribution in [1.82, 2.24) is 5.32 Å². The minimum Gasteiger partial charge on any atom is -0.365 e. The quantitative estimate of drug-likeness (QED) is 0.854. The van der Waals surface area contributed by atoms with E-state index < -0.39 is 0 Å². The molecule has 2 rings (SSSR count). The Balaban J connectivity index is 2.24. The van der Waals surface area contributed by atoms with E-state index in [1.807, 2.05) is 0 Å². The van der Waals surface area contributed by atoms with E-state index in [4.69, 9.17) is 0 Å². The Hall–Kier alpha value is -1.02. The summed E-state index contributed by atoms with van der Waals surface area (Å²) in [5, 5.41) is 3.82. The van der Waals surface area contributed by atoms with Gasteiger partial charge in [0.25, 0.3) is 0 Å². The first kappa shape index (κ1) is 16.4. The highest BCUT2D eigenvalue weighted by Crippen LogP contribution is 2.29. The smallest absolute Gasteiger partial charge is 0.0412 e. The second kappa shape index (κ2) is 6.83. The highest BCUT2D eigenvalue weighted by molar-refractivity contribution is 5.50. The first-order valence-corrected chi connectivity index (χ1v) is 8.66. The zero-order valence-electron chi connectivity index (χ0n) is 14.4. The van der Waals surface area contributed by atoms with Crippen molar-refractivity contribution in [2.45, 2.75) is 71.4 Å². The monoisotopic (exact) mass is 288 g/mol. The van der Waals surface area contributed by atoms with Gasteiger partial charge >= 0.3 is 0 Å². The summed E-state index contributed by atoms with van der Waals surface area (Å²) in [5.41, 5.74) is 3.10. The Morgan fingerprint density at radius 1 is 1.14 bits per heavy atom. The summed E-state index contributed by atoms with van der Waals surface area (Å²) in [5.74, 6) is 0.606. The van der Waals surface area contributed by atoms with Gasteiger partial charge in [-0.15, -0.1) is 0 Å². The van der Waals surface area contributed by atoms with Crippen LogP contribution in [0.2, 0.25) is 0 Å². The zero-order chi connectivity index (χ0) is 15.5. The van der Waals surface area contributed by atoms with Gasteiger partial charge in [-0.05, 0) is 42.9 Å². The molecule has 2 heteroatoms. The zero-order valence-corrected chi connectivity index (χ0v) is 14.4. The van der Waals surface area contributed by atoms with Crippen LogP contribution < -0.4 is 10.2 Å². The molecule has 0 amide bonds. The number of nitrogens with one attached hydrogen (secondary N) is 1. The van der Waals surface area contributed by atoms with Gasteiger partial charge in [0.15, 0.2) is 0 Å². The Morgan fingerprint density at radius 3 is 2.24 bits per heavy atom. The highest BCUT2D eigenvalue weighted by atomic mass is 15.3. The molecule has 118 valence electrons. The van der Waals surface area contributed by atoms with Crippen LogP contribution in [0.1, 0.15) is 65.4 Å². The Morgan fingerprint density at radius 2 is 1.76 bits per heavy atom. The average molecular weight is 288 g/mol. The normalized spacial score (nSPS) is 21.8. The molecule has 0 spiro atoms. The maximum atomic E-state index is 3.82. The molecule has 1 aromatic rings. The van der Waals surface area contributed by atoms with Crippen LogP contribution in [-0.2, 0) is 0 Å². The summed E-state index contributed by atoms with van der Waals surface area (Å²) < 4.78 is 0. The van der Waals surface area contributed by atoms with E-state index in [2.05, 4.69) is 69.1 Å². The summed E-state index contributed by atoms with van der Waals surface area (Å²) >= 11 is 0. The molecule has 0 aliphatic carbocycles. The van der Waals surface area contributed by atoms with E-state index in [9.17, 15) is 0 Å². The SMILES string of the molecule is CCC1CNC(CC)(CC)CN1c1ccc(C(C)C)cc1. The lowest BCUT2D eigenvalue weighted by molar-refractivity contribution is 0.246. The molecule has 1 N–H and O–H groups in total. The van der Waals surface area contributed by atoms with E-state index >= 15 is 0 Å². The van der Waals surface area contributed by atoms with Crippen LogP contribution in [0.4, 0.5) is 5.69 Å². The Labute approximate surface area is 130 Å². The van der Waals surface area contributed by atoms with Gasteiger partial charge in [0.2, 0.25) is 0 Å². The van der Waals surface area contributed by atoms with Crippen molar-refractivity contribution in [3.63, 3.8) is 0 Å². The molecule has 1 unspecified atom stereocenters. The summed E-state index contributed by atoms with van der Waals surface area (Å²) in [6, 6.07) is 9.85. The molecule has 1 aliphatic heterocycles. The number of nitrogens with zero attached hydrogens (tertiary/aromatic N) is 1. The van der Waals surface area contributed by atoms with Crippen LogP contribution in [0.5, 0.6) is 0 Å². The van der Waals surface area contributed by atoms with Gasteiger partial charge in [-0.1, -0.05) is 46.8 Å². The molecule has 2 nitrogen and oxygen atoms in total. The summed E-state index contributed by atoms with van der Waals surface area (Å²) in [6.45, 7) is 13.7. The lowest BCUT2D eigenvalue weighted by atomic mass is 9.87. The van der Waals surface area contributed by atoms with Crippen molar-refractivity contribution in [3.8, 4) is 0 Å². The fourth-order valence-electron chi connectivity index (χ4n) is 3.40. The Bertz CT molecular complexity index is 431. The van der Waals surface area contributed by atoms with E-state index in [-0.39, 0.29) is 5.54 Å². The summed E-state index contributed by atoms with van der Waals surface area (Å²) in [4.78, 5) is 2.63. The summed E-state index contributed by atoms with van der Waals surface area (Å²) in [6.07, 6.45) is 3.59. The molecule has 0 radical (unpaired) electrons. The second-order valence-electron chi connectivity index (χ2n) is 6.80. The number of anilines is 1. The van der Waals surface area contributed by atoms with Crippen LogP contribution in [0.25, 0.3) is 0 Å². The van der Waals surface area contributed by atoms with Crippen LogP contribution in [-0.4, -0.2) is 24.7 Å². The number of rotatable bonds is 5. The topological polar surface area (TPSA) is 15.3 Å². The van der Waals surface area contributed by atoms with Gasteiger partial charge in [0.05, 0.1) is 0 Å². The standard InChI is InChI=1S/C19H32N2/c1-6-17-13-20-19(7-2,8-3)14-21(17)18-11-9-16(10-12-18)15(4)5/h9-12,15,17,20H,6-8,13-14H2,1-5H3. The molecular weight excluding hydrogens is 256 g/mol. The number of piperazine rings is 1. The van der Waals surface area contributed by atoms with Crippen molar-refractivity contribution < 1.29 is 0 Å². The van der Waals surface area contributed by atoms with Gasteiger partial charge in [-0.3, -0.25) is 0 Å². The number of hydrogen-bond donors (Lipinski definition) is 1. The van der Waals surface area contributed by atoms with Gasteiger partial charge < -0.3 is 10.2 Å². The van der Waals surface area contributed by atoms with Crippen molar-refractivity contribution in [3.05, 3.63) is 29.8 Å². The first-order valence-electron chi connectivity index (χ1n) is 8.66. The molecule has 1 saturated heterocycles. The van der Waals surface area contributed by atoms with Crippen molar-refractivity contribution >= 4 is 5.69 Å². The lowest BCUT2D eigenvalue weighted by Gasteiger charge is -2.48. The summed E-state index contributed by atoms with van der Waals surface area (Å²) in [7, 11) is 0. The maximum absolute atomic E-state index is 3.82. The van der Waals surface area contributed by atoms with E-state index in [1.165, 1.54) is 30.5 Å². The average Bonchev–Trinajstić information content (AvgIpc) is 2.54. The minimum absolute atomic E-state index is 0.280. The molecule has 0 saturated carbocycles. The molecule has 0 bridgehead atoms. The number of hydrogen-bond acceptors (Lipinski definition) is 2. The fraction of sp³-hybridized carbons (Fsp3) is 0.684. The van der Waals surface area contributed by atoms with Crippen molar-refractivity contribution in [2.24, 2.45) is 0 Å². The van der Waals surface area contributed by atoms with Crippen molar-refractivity contribution in [2.75, 3.05) is 18.0 Å². The van der Waals surface area contributed by atoms with E-state index in [0.717, 1.165) is 13.1 Å². The molecule has 0 aromatic heterocycles. The largest absolute Gasteiger partial charge is 0.365 e. The van der Waals surface area contributed by atoms with Crippen LogP contribution in [0, 0.1) is 0 Å². The number of benzene rings is 1. The fourth-order valence-corrected chi connectivity index (χ4v) is 3.40. The predicted octanol–water partition coefficient (Wildman–Crippen LogP) is 4.56. The molecule has 1 aromatic carbocycles. The van der Waals surface area contributed by atoms with E-state index in [1.54, 1.807) is 0 Å².